The zero-order chi connectivity index (χ0) is 14.7. The smallest absolute Gasteiger partial charge is 0.254 e. The minimum Gasteiger partial charge on any atom is -0.334 e. The Bertz CT molecular complexity index is 607. The highest BCUT2D eigenvalue weighted by Crippen LogP contribution is 2.23. The van der Waals surface area contributed by atoms with Crippen LogP contribution in [-0.4, -0.2) is 22.3 Å². The molecule has 1 amide bonds. The van der Waals surface area contributed by atoms with E-state index in [2.05, 4.69) is 4.98 Å². The Kier molecular flexibility index (Phi) is 5.02. The summed E-state index contributed by atoms with van der Waals surface area (Å²) in [4.78, 5) is 19.4. The molecule has 6 heteroatoms. The number of pyridine rings is 1. The van der Waals surface area contributed by atoms with Gasteiger partial charge in [-0.05, 0) is 38.1 Å². The molecule has 0 aliphatic carbocycles. The first-order valence-electron chi connectivity index (χ1n) is 6.17. The third-order valence-electron chi connectivity index (χ3n) is 2.81. The number of nitrogens with zero attached hydrogens (tertiary/aromatic N) is 2. The number of halogens is 2. The highest BCUT2D eigenvalue weighted by molar-refractivity contribution is 7.16. The molecule has 20 heavy (non-hydrogen) atoms. The average molecular weight is 329 g/mol. The summed E-state index contributed by atoms with van der Waals surface area (Å²) in [7, 11) is 0. The Morgan fingerprint density at radius 3 is 2.65 bits per heavy atom. The predicted octanol–water partition coefficient (Wildman–Crippen LogP) is 4.42. The fourth-order valence-corrected chi connectivity index (χ4v) is 3.24. The van der Waals surface area contributed by atoms with E-state index in [-0.39, 0.29) is 5.91 Å². The molecule has 0 N–H and O–H groups in total. The molecule has 0 saturated carbocycles. The van der Waals surface area contributed by atoms with Gasteiger partial charge in [0, 0.05) is 22.7 Å². The quantitative estimate of drug-likeness (QED) is 0.778. The molecular weight excluding hydrogens is 315 g/mol. The van der Waals surface area contributed by atoms with Crippen LogP contribution in [0, 0.1) is 6.92 Å². The van der Waals surface area contributed by atoms with Crippen molar-refractivity contribution in [1.29, 1.82) is 0 Å². The van der Waals surface area contributed by atoms with Crippen LogP contribution in [0.3, 0.4) is 0 Å². The number of aryl methyl sites for hydroxylation is 1. The van der Waals surface area contributed by atoms with Crippen LogP contribution in [0.5, 0.6) is 0 Å². The van der Waals surface area contributed by atoms with E-state index in [0.717, 1.165) is 14.9 Å². The van der Waals surface area contributed by atoms with E-state index in [1.54, 1.807) is 17.0 Å². The molecule has 2 aromatic heterocycles. The lowest BCUT2D eigenvalue weighted by atomic mass is 10.2. The molecule has 2 rings (SSSR count). The maximum atomic E-state index is 12.5. The number of hydrogen-bond acceptors (Lipinski definition) is 3. The maximum Gasteiger partial charge on any atom is 0.254 e. The lowest BCUT2D eigenvalue weighted by molar-refractivity contribution is 0.0754. The molecule has 0 unspecified atom stereocenters. The topological polar surface area (TPSA) is 33.2 Å². The first-order valence-corrected chi connectivity index (χ1v) is 7.74. The number of aromatic nitrogens is 1. The summed E-state index contributed by atoms with van der Waals surface area (Å²) in [6.07, 6.45) is 0. The summed E-state index contributed by atoms with van der Waals surface area (Å²) < 4.78 is 0.728. The van der Waals surface area contributed by atoms with Crippen molar-refractivity contribution in [1.82, 2.24) is 9.88 Å². The molecule has 0 saturated heterocycles. The van der Waals surface area contributed by atoms with Crippen LogP contribution in [0.25, 0.3) is 0 Å². The van der Waals surface area contributed by atoms with Gasteiger partial charge in [0.15, 0.2) is 0 Å². The van der Waals surface area contributed by atoms with Gasteiger partial charge < -0.3 is 4.90 Å². The first kappa shape index (κ1) is 15.3. The normalized spacial score (nSPS) is 10.6. The summed E-state index contributed by atoms with van der Waals surface area (Å²) in [5.74, 6) is -0.0515. The molecule has 0 aliphatic rings. The van der Waals surface area contributed by atoms with Crippen molar-refractivity contribution in [2.45, 2.75) is 20.4 Å². The summed E-state index contributed by atoms with van der Waals surface area (Å²) in [6.45, 7) is 4.93. The molecule has 0 radical (unpaired) electrons. The SMILES string of the molecule is CCN(Cc1ccc(Cl)s1)C(=O)c1cc(C)nc(Cl)c1. The van der Waals surface area contributed by atoms with Crippen molar-refractivity contribution >= 4 is 40.4 Å². The van der Waals surface area contributed by atoms with Gasteiger partial charge in [-0.1, -0.05) is 23.2 Å². The first-order chi connectivity index (χ1) is 9.49. The Morgan fingerprint density at radius 1 is 1.35 bits per heavy atom. The number of carbonyl (C=O) groups excluding carboxylic acids is 1. The number of thiophene rings is 1. The molecule has 0 aliphatic heterocycles. The molecule has 0 atom stereocenters. The van der Waals surface area contributed by atoms with E-state index in [1.807, 2.05) is 26.0 Å². The van der Waals surface area contributed by atoms with E-state index in [1.165, 1.54) is 11.3 Å². The van der Waals surface area contributed by atoms with Crippen molar-refractivity contribution < 1.29 is 4.79 Å². The number of rotatable bonds is 4. The van der Waals surface area contributed by atoms with Crippen LogP contribution in [0.1, 0.15) is 27.9 Å². The molecule has 2 aromatic rings. The molecule has 106 valence electrons. The van der Waals surface area contributed by atoms with Crippen molar-refractivity contribution in [2.24, 2.45) is 0 Å². The Hall–Kier alpha value is -1.10. The highest BCUT2D eigenvalue weighted by atomic mass is 35.5. The van der Waals surface area contributed by atoms with Crippen molar-refractivity contribution in [3.05, 3.63) is 49.9 Å². The summed E-state index contributed by atoms with van der Waals surface area (Å²) in [5, 5.41) is 0.337. The molecule has 0 aromatic carbocycles. The molecule has 2 heterocycles. The van der Waals surface area contributed by atoms with E-state index in [4.69, 9.17) is 23.2 Å². The summed E-state index contributed by atoms with van der Waals surface area (Å²) >= 11 is 13.3. The lowest BCUT2D eigenvalue weighted by Crippen LogP contribution is -2.30. The van der Waals surface area contributed by atoms with E-state index >= 15 is 0 Å². The summed E-state index contributed by atoms with van der Waals surface area (Å²) in [5.41, 5.74) is 1.29. The lowest BCUT2D eigenvalue weighted by Gasteiger charge is -2.20. The van der Waals surface area contributed by atoms with E-state index in [9.17, 15) is 4.79 Å². The van der Waals surface area contributed by atoms with Crippen LogP contribution in [0.4, 0.5) is 0 Å². The van der Waals surface area contributed by atoms with E-state index < -0.39 is 0 Å². The van der Waals surface area contributed by atoms with Gasteiger partial charge in [0.2, 0.25) is 0 Å². The van der Waals surface area contributed by atoms with Crippen LogP contribution < -0.4 is 0 Å². The second-order valence-corrected chi connectivity index (χ2v) is 6.53. The van der Waals surface area contributed by atoms with Crippen LogP contribution in [0.15, 0.2) is 24.3 Å². The third kappa shape index (κ3) is 3.72. The van der Waals surface area contributed by atoms with Gasteiger partial charge in [-0.15, -0.1) is 11.3 Å². The van der Waals surface area contributed by atoms with Gasteiger partial charge in [-0.2, -0.15) is 0 Å². The minimum absolute atomic E-state index is 0.0515. The fraction of sp³-hybridized carbons (Fsp3) is 0.286. The average Bonchev–Trinajstić information content (AvgIpc) is 2.79. The van der Waals surface area contributed by atoms with Gasteiger partial charge >= 0.3 is 0 Å². The van der Waals surface area contributed by atoms with Crippen LogP contribution in [0.2, 0.25) is 9.49 Å². The molecule has 0 bridgehead atoms. The number of amides is 1. The molecule has 0 spiro atoms. The third-order valence-corrected chi connectivity index (χ3v) is 4.22. The van der Waals surface area contributed by atoms with E-state index in [0.29, 0.717) is 23.8 Å². The standard InChI is InChI=1S/C14H14Cl2N2OS/c1-3-18(8-11-4-5-13(16)20-11)14(19)10-6-9(2)17-12(15)7-10/h4-7H,3,8H2,1-2H3. The molecule has 3 nitrogen and oxygen atoms in total. The maximum absolute atomic E-state index is 12.5. The van der Waals surface area contributed by atoms with Crippen molar-refractivity contribution in [3.8, 4) is 0 Å². The van der Waals surface area contributed by atoms with Crippen LogP contribution in [-0.2, 0) is 6.54 Å². The monoisotopic (exact) mass is 328 g/mol. The van der Waals surface area contributed by atoms with Crippen molar-refractivity contribution in [3.63, 3.8) is 0 Å². The van der Waals surface area contributed by atoms with Gasteiger partial charge in [-0.3, -0.25) is 4.79 Å². The Morgan fingerprint density at radius 2 is 2.10 bits per heavy atom. The fourth-order valence-electron chi connectivity index (χ4n) is 1.89. The highest BCUT2D eigenvalue weighted by Gasteiger charge is 2.16. The van der Waals surface area contributed by atoms with Gasteiger partial charge in [0.1, 0.15) is 5.15 Å². The predicted molar refractivity (Wildman–Crippen MR) is 83.7 cm³/mol. The van der Waals surface area contributed by atoms with Crippen LogP contribution >= 0.6 is 34.5 Å². The second kappa shape index (κ2) is 6.57. The van der Waals surface area contributed by atoms with Crippen molar-refractivity contribution in [2.75, 3.05) is 6.54 Å². The van der Waals surface area contributed by atoms with Gasteiger partial charge in [-0.25, -0.2) is 4.98 Å². The zero-order valence-corrected chi connectivity index (χ0v) is 13.5. The number of hydrogen-bond donors (Lipinski definition) is 0. The molecule has 0 fully saturated rings. The Balaban J connectivity index is 2.20. The summed E-state index contributed by atoms with van der Waals surface area (Å²) in [6, 6.07) is 7.13. The van der Waals surface area contributed by atoms with Gasteiger partial charge in [0.05, 0.1) is 10.9 Å². The zero-order valence-electron chi connectivity index (χ0n) is 11.2. The Labute approximate surface area is 132 Å². The minimum atomic E-state index is -0.0515. The second-order valence-electron chi connectivity index (χ2n) is 4.35. The molecular formula is C14H14Cl2N2OS. The van der Waals surface area contributed by atoms with Gasteiger partial charge in [0.25, 0.3) is 5.91 Å². The number of carbonyl (C=O) groups is 1. The largest absolute Gasteiger partial charge is 0.334 e.